The third-order valence-corrected chi connectivity index (χ3v) is 5.07. The Morgan fingerprint density at radius 2 is 2.07 bits per heavy atom. The van der Waals surface area contributed by atoms with Crippen molar-refractivity contribution >= 4 is 16.7 Å². The lowest BCUT2D eigenvalue weighted by molar-refractivity contribution is 0.0922. The van der Waals surface area contributed by atoms with Gasteiger partial charge in [0.1, 0.15) is 17.8 Å². The van der Waals surface area contributed by atoms with Gasteiger partial charge >= 0.3 is 0 Å². The van der Waals surface area contributed by atoms with Crippen LogP contribution in [0.5, 0.6) is 0 Å². The Labute approximate surface area is 156 Å². The van der Waals surface area contributed by atoms with Crippen molar-refractivity contribution < 1.29 is 4.79 Å². The van der Waals surface area contributed by atoms with Crippen LogP contribution in [0, 0.1) is 11.3 Å². The summed E-state index contributed by atoms with van der Waals surface area (Å²) < 4.78 is 1.73. The zero-order valence-corrected chi connectivity index (χ0v) is 14.8. The molecule has 3 aromatic rings. The van der Waals surface area contributed by atoms with Crippen LogP contribution in [0.25, 0.3) is 16.6 Å². The van der Waals surface area contributed by atoms with Crippen molar-refractivity contribution in [2.45, 2.75) is 37.8 Å². The van der Waals surface area contributed by atoms with Gasteiger partial charge in [-0.15, -0.1) is 0 Å². The number of nitriles is 1. The fourth-order valence-electron chi connectivity index (χ4n) is 3.58. The van der Waals surface area contributed by atoms with E-state index in [9.17, 15) is 10.1 Å². The Hall–Kier alpha value is -3.24. The first kappa shape index (κ1) is 17.2. The first-order valence-electron chi connectivity index (χ1n) is 9.04. The zero-order valence-electron chi connectivity index (χ0n) is 14.8. The van der Waals surface area contributed by atoms with Gasteiger partial charge in [0.15, 0.2) is 0 Å². The number of fused-ring (bicyclic) bond motifs is 1. The maximum atomic E-state index is 13.0. The predicted octanol–water partition coefficient (Wildman–Crippen LogP) is 2.29. The van der Waals surface area contributed by atoms with Crippen LogP contribution in [0.3, 0.4) is 0 Å². The van der Waals surface area contributed by atoms with Gasteiger partial charge in [0.2, 0.25) is 0 Å². The molecule has 4 rings (SSSR count). The second-order valence-electron chi connectivity index (χ2n) is 6.90. The zero-order chi connectivity index (χ0) is 18.8. The van der Waals surface area contributed by atoms with Crippen molar-refractivity contribution in [2.75, 3.05) is 0 Å². The lowest BCUT2D eigenvalue weighted by Gasteiger charge is -2.26. The quantitative estimate of drug-likeness (QED) is 0.745. The normalized spacial score (nSPS) is 19.6. The van der Waals surface area contributed by atoms with Crippen LogP contribution in [-0.2, 0) is 0 Å². The molecule has 2 aromatic heterocycles. The second-order valence-corrected chi connectivity index (χ2v) is 6.90. The van der Waals surface area contributed by atoms with E-state index < -0.39 is 0 Å². The van der Waals surface area contributed by atoms with Crippen molar-refractivity contribution in [2.24, 2.45) is 5.73 Å². The molecule has 1 aliphatic rings. The average molecular weight is 360 g/mol. The summed E-state index contributed by atoms with van der Waals surface area (Å²) in [5.41, 5.74) is 6.79. The smallest absolute Gasteiger partial charge is 0.270 e. The van der Waals surface area contributed by atoms with E-state index in [0.717, 1.165) is 25.7 Å². The minimum absolute atomic E-state index is 0.102. The van der Waals surface area contributed by atoms with Crippen molar-refractivity contribution in [3.63, 3.8) is 0 Å². The molecule has 0 unspecified atom stereocenters. The number of amides is 1. The molecule has 7 heteroatoms. The van der Waals surface area contributed by atoms with Gasteiger partial charge in [0.05, 0.1) is 11.6 Å². The van der Waals surface area contributed by atoms with Gasteiger partial charge in [-0.05, 0) is 37.8 Å². The lowest BCUT2D eigenvalue weighted by atomic mass is 9.91. The Bertz CT molecular complexity index is 1010. The van der Waals surface area contributed by atoms with Gasteiger partial charge in [-0.2, -0.15) is 5.26 Å². The van der Waals surface area contributed by atoms with Crippen LogP contribution < -0.4 is 11.1 Å². The number of hydrogen-bond acceptors (Lipinski definition) is 5. The minimum Gasteiger partial charge on any atom is -0.348 e. The van der Waals surface area contributed by atoms with Crippen LogP contribution >= 0.6 is 0 Å². The Balaban J connectivity index is 1.76. The van der Waals surface area contributed by atoms with Crippen molar-refractivity contribution in [1.29, 1.82) is 5.26 Å². The van der Waals surface area contributed by atoms with E-state index in [1.165, 1.54) is 0 Å². The number of nitrogens with zero attached hydrogens (tertiary/aromatic N) is 4. The third kappa shape index (κ3) is 3.39. The minimum atomic E-state index is -0.225. The standard InChI is InChI=1S/C20H20N6O/c21-11-13-2-1-3-16-17(13)10-18(26-9-8-23-12-26)25-19(16)20(27)24-15-6-4-14(22)5-7-15/h1-3,8-10,12,14-15H,4-7,22H2,(H,24,27). The summed E-state index contributed by atoms with van der Waals surface area (Å²) >= 11 is 0. The number of aromatic nitrogens is 3. The molecule has 0 saturated heterocycles. The maximum absolute atomic E-state index is 13.0. The maximum Gasteiger partial charge on any atom is 0.270 e. The monoisotopic (exact) mass is 360 g/mol. The molecular formula is C20H20N6O. The number of hydrogen-bond donors (Lipinski definition) is 2. The molecule has 3 N–H and O–H groups in total. The highest BCUT2D eigenvalue weighted by atomic mass is 16.1. The van der Waals surface area contributed by atoms with Crippen LogP contribution in [0.4, 0.5) is 0 Å². The van der Waals surface area contributed by atoms with Gasteiger partial charge in [-0.1, -0.05) is 12.1 Å². The van der Waals surface area contributed by atoms with Gasteiger partial charge < -0.3 is 11.1 Å². The highest BCUT2D eigenvalue weighted by Gasteiger charge is 2.23. The molecule has 27 heavy (non-hydrogen) atoms. The highest BCUT2D eigenvalue weighted by Crippen LogP contribution is 2.25. The number of nitrogens with two attached hydrogens (primary N) is 1. The molecule has 1 aliphatic carbocycles. The summed E-state index contributed by atoms with van der Waals surface area (Å²) in [5, 5.41) is 13.9. The lowest BCUT2D eigenvalue weighted by Crippen LogP contribution is -2.40. The first-order valence-corrected chi connectivity index (χ1v) is 9.04. The SMILES string of the molecule is N#Cc1cccc2c(C(=O)NC3CCC(N)CC3)nc(-n3ccnc3)cc12. The van der Waals surface area contributed by atoms with E-state index in [1.807, 2.05) is 12.1 Å². The van der Waals surface area contributed by atoms with E-state index in [2.05, 4.69) is 21.4 Å². The van der Waals surface area contributed by atoms with E-state index >= 15 is 0 Å². The number of imidazole rings is 1. The van der Waals surface area contributed by atoms with Gasteiger partial charge in [-0.3, -0.25) is 9.36 Å². The molecule has 0 bridgehead atoms. The van der Waals surface area contributed by atoms with Crippen LogP contribution in [0.15, 0.2) is 43.0 Å². The molecule has 1 saturated carbocycles. The van der Waals surface area contributed by atoms with E-state index in [4.69, 9.17) is 5.73 Å². The van der Waals surface area contributed by atoms with E-state index in [0.29, 0.717) is 27.8 Å². The molecule has 1 amide bonds. The summed E-state index contributed by atoms with van der Waals surface area (Å²) in [6.07, 6.45) is 8.58. The first-order chi connectivity index (χ1) is 13.2. The highest BCUT2D eigenvalue weighted by molar-refractivity contribution is 6.07. The van der Waals surface area contributed by atoms with Crippen LogP contribution in [0.1, 0.15) is 41.7 Å². The largest absolute Gasteiger partial charge is 0.348 e. The fraction of sp³-hybridized carbons (Fsp3) is 0.300. The third-order valence-electron chi connectivity index (χ3n) is 5.07. The van der Waals surface area contributed by atoms with Crippen LogP contribution in [0.2, 0.25) is 0 Å². The fourth-order valence-corrected chi connectivity index (χ4v) is 3.58. The number of pyridine rings is 1. The number of carbonyl (C=O) groups excluding carboxylic acids is 1. The van der Waals surface area contributed by atoms with Gasteiger partial charge in [0, 0.05) is 35.2 Å². The number of nitrogens with one attached hydrogen (secondary N) is 1. The molecule has 2 heterocycles. The number of benzene rings is 1. The van der Waals surface area contributed by atoms with Gasteiger partial charge in [-0.25, -0.2) is 9.97 Å². The summed E-state index contributed by atoms with van der Waals surface area (Å²) in [6, 6.07) is 9.67. The van der Waals surface area contributed by atoms with E-state index in [-0.39, 0.29) is 18.0 Å². The molecule has 0 spiro atoms. The van der Waals surface area contributed by atoms with Crippen molar-refractivity contribution in [3.05, 3.63) is 54.2 Å². The number of rotatable bonds is 3. The second kappa shape index (κ2) is 7.17. The summed E-state index contributed by atoms with van der Waals surface area (Å²) in [7, 11) is 0. The molecule has 0 atom stereocenters. The van der Waals surface area contributed by atoms with Crippen LogP contribution in [-0.4, -0.2) is 32.5 Å². The molecule has 1 aromatic carbocycles. The molecule has 7 nitrogen and oxygen atoms in total. The Morgan fingerprint density at radius 3 is 2.78 bits per heavy atom. The summed E-state index contributed by atoms with van der Waals surface area (Å²) in [5.74, 6) is 0.330. The summed E-state index contributed by atoms with van der Waals surface area (Å²) in [6.45, 7) is 0. The van der Waals surface area contributed by atoms with Crippen molar-refractivity contribution in [1.82, 2.24) is 19.9 Å². The van der Waals surface area contributed by atoms with Crippen molar-refractivity contribution in [3.8, 4) is 11.9 Å². The molecule has 136 valence electrons. The summed E-state index contributed by atoms with van der Waals surface area (Å²) in [4.78, 5) is 21.6. The van der Waals surface area contributed by atoms with E-state index in [1.54, 1.807) is 35.4 Å². The average Bonchev–Trinajstić information content (AvgIpc) is 3.23. The molecule has 1 fully saturated rings. The Kier molecular flexibility index (Phi) is 4.57. The molecule has 0 aliphatic heterocycles. The number of carbonyl (C=O) groups is 1. The molecular weight excluding hydrogens is 340 g/mol. The topological polar surface area (TPSA) is 110 Å². The predicted molar refractivity (Wildman–Crippen MR) is 101 cm³/mol. The Morgan fingerprint density at radius 1 is 1.26 bits per heavy atom. The molecule has 0 radical (unpaired) electrons. The van der Waals surface area contributed by atoms with Gasteiger partial charge in [0.25, 0.3) is 5.91 Å².